The van der Waals surface area contributed by atoms with Crippen molar-refractivity contribution in [2.45, 2.75) is 18.3 Å². The molecule has 0 N–H and O–H groups in total. The van der Waals surface area contributed by atoms with Crippen LogP contribution in [0.5, 0.6) is 0 Å². The van der Waals surface area contributed by atoms with Crippen molar-refractivity contribution in [1.29, 1.82) is 0 Å². The minimum Gasteiger partial charge on any atom is -0.310 e. The van der Waals surface area contributed by atoms with E-state index in [9.17, 15) is 0 Å². The number of anilines is 6. The molecule has 0 radical (unpaired) electrons. The smallest absolute Gasteiger partial charge is 0.0726 e. The quantitative estimate of drug-likeness (QED) is 0.164. The maximum absolute atomic E-state index is 2.59. The Balaban J connectivity index is 0.982. The molecule has 0 saturated carbocycles. The molecule has 352 valence electrons. The van der Waals surface area contributed by atoms with Gasteiger partial charge < -0.3 is 9.80 Å². The molecular weight excluding hydrogens is 905 g/mol. The minimum atomic E-state index is -0.481. The van der Waals surface area contributed by atoms with E-state index in [0.29, 0.717) is 6.42 Å². The summed E-state index contributed by atoms with van der Waals surface area (Å²) in [6.07, 6.45) is 1.47. The Kier molecular flexibility index (Phi) is 9.96. The average Bonchev–Trinajstić information content (AvgIpc) is 4.17. The molecule has 0 bridgehead atoms. The van der Waals surface area contributed by atoms with E-state index in [1.54, 1.807) is 0 Å². The molecule has 0 fully saturated rings. The van der Waals surface area contributed by atoms with Gasteiger partial charge in [0.15, 0.2) is 0 Å². The fourth-order valence-electron chi connectivity index (χ4n) is 13.3. The third kappa shape index (κ3) is 6.66. The lowest BCUT2D eigenvalue weighted by molar-refractivity contribution is 0.793. The van der Waals surface area contributed by atoms with E-state index in [1.165, 1.54) is 105 Å². The maximum atomic E-state index is 2.59. The molecule has 12 aromatic rings. The molecule has 15 rings (SSSR count). The summed E-state index contributed by atoms with van der Waals surface area (Å²) in [5.74, 6) is 0. The fraction of sp³-hybridized carbons (Fsp3) is 0.0411. The van der Waals surface area contributed by atoms with Crippen LogP contribution in [0.1, 0.15) is 44.5 Å². The van der Waals surface area contributed by atoms with Crippen LogP contribution in [-0.2, 0) is 18.3 Å². The summed E-state index contributed by atoms with van der Waals surface area (Å²) in [6, 6.07) is 104. The SMILES string of the molecule is c1ccc(N(c2ccccc2)c2ccc3c(c2)Cc2ccccc2-c2cc4ccccc4c(N(c4ccccc4)c4ccc5c(c4)C4(c6ccccc6-c6ccccc64)c4ccccc4-5)c2Cc2ccccc2-3)cc1. The summed E-state index contributed by atoms with van der Waals surface area (Å²) in [7, 11) is 0. The monoisotopic (exact) mass is 954 g/mol. The number of para-hydroxylation sites is 3. The Labute approximate surface area is 438 Å². The summed E-state index contributed by atoms with van der Waals surface area (Å²) in [5.41, 5.74) is 27.1. The van der Waals surface area contributed by atoms with Crippen molar-refractivity contribution in [1.82, 2.24) is 0 Å². The summed E-state index contributed by atoms with van der Waals surface area (Å²) >= 11 is 0. The van der Waals surface area contributed by atoms with Crippen LogP contribution in [0.2, 0.25) is 0 Å². The highest BCUT2D eigenvalue weighted by Crippen LogP contribution is 2.63. The van der Waals surface area contributed by atoms with Gasteiger partial charge in [0.2, 0.25) is 0 Å². The third-order valence-corrected chi connectivity index (χ3v) is 16.3. The molecule has 1 spiro atoms. The maximum Gasteiger partial charge on any atom is 0.0726 e. The van der Waals surface area contributed by atoms with Gasteiger partial charge in [-0.25, -0.2) is 0 Å². The van der Waals surface area contributed by atoms with E-state index in [1.807, 2.05) is 0 Å². The highest BCUT2D eigenvalue weighted by atomic mass is 15.2. The second kappa shape index (κ2) is 17.3. The molecule has 2 heteroatoms. The summed E-state index contributed by atoms with van der Waals surface area (Å²) in [5, 5.41) is 2.43. The van der Waals surface area contributed by atoms with Crippen molar-refractivity contribution < 1.29 is 0 Å². The molecule has 75 heavy (non-hydrogen) atoms. The molecule has 2 nitrogen and oxygen atoms in total. The first-order valence-corrected chi connectivity index (χ1v) is 26.3. The standard InChI is InChI=1S/C73H50N2/c1-4-25-53(26-5-1)74(54-27-6-2-7-28-54)56-40-42-60-52(45-56)44-49-22-10-14-32-59(49)66-46-51-24-12-15-33-61(51)72(67(66)47-50-23-11-13-31-58(50)60)75(55-29-8-3-9-30-55)57-41-43-65-64-36-18-21-39-70(64)73(71(65)48-57)68-37-19-16-34-62(68)63-35-17-20-38-69(63)73/h1-43,45-46,48H,44,47H2. The van der Waals surface area contributed by atoms with Crippen molar-refractivity contribution in [3.05, 3.63) is 324 Å². The zero-order valence-corrected chi connectivity index (χ0v) is 41.4. The predicted molar refractivity (Wildman–Crippen MR) is 313 cm³/mol. The van der Waals surface area contributed by atoms with Crippen LogP contribution in [0, 0.1) is 0 Å². The topological polar surface area (TPSA) is 6.48 Å². The molecule has 0 saturated heterocycles. The zero-order valence-electron chi connectivity index (χ0n) is 41.4. The van der Waals surface area contributed by atoms with E-state index >= 15 is 0 Å². The average molecular weight is 955 g/mol. The zero-order chi connectivity index (χ0) is 49.5. The summed E-state index contributed by atoms with van der Waals surface area (Å²) in [4.78, 5) is 4.97. The number of rotatable bonds is 6. The minimum absolute atomic E-state index is 0.481. The predicted octanol–water partition coefficient (Wildman–Crippen LogP) is 19.0. The van der Waals surface area contributed by atoms with Crippen LogP contribution >= 0.6 is 0 Å². The van der Waals surface area contributed by atoms with E-state index in [0.717, 1.165) is 34.9 Å². The Bertz CT molecular complexity index is 4090. The number of benzene rings is 12. The van der Waals surface area contributed by atoms with Crippen LogP contribution in [0.15, 0.2) is 279 Å². The molecule has 0 unspecified atom stereocenters. The van der Waals surface area contributed by atoms with Gasteiger partial charge in [0.25, 0.3) is 0 Å². The highest BCUT2D eigenvalue weighted by molar-refractivity contribution is 6.06. The van der Waals surface area contributed by atoms with Crippen LogP contribution in [0.4, 0.5) is 34.1 Å². The van der Waals surface area contributed by atoms with Gasteiger partial charge in [-0.05, 0) is 168 Å². The van der Waals surface area contributed by atoms with Crippen molar-refractivity contribution >= 4 is 44.9 Å². The molecular formula is C73H50N2. The van der Waals surface area contributed by atoms with E-state index in [-0.39, 0.29) is 0 Å². The first kappa shape index (κ1) is 43.1. The van der Waals surface area contributed by atoms with Crippen LogP contribution in [0.3, 0.4) is 0 Å². The van der Waals surface area contributed by atoms with Gasteiger partial charge in [-0.15, -0.1) is 0 Å². The van der Waals surface area contributed by atoms with Gasteiger partial charge in [0, 0.05) is 40.2 Å². The lowest BCUT2D eigenvalue weighted by Gasteiger charge is -2.34. The van der Waals surface area contributed by atoms with Crippen molar-refractivity contribution in [2.75, 3.05) is 9.80 Å². The Morgan fingerprint density at radius 1 is 0.253 bits per heavy atom. The van der Waals surface area contributed by atoms with E-state index in [4.69, 9.17) is 0 Å². The molecule has 0 aromatic heterocycles. The Morgan fingerprint density at radius 3 is 1.25 bits per heavy atom. The van der Waals surface area contributed by atoms with E-state index < -0.39 is 5.41 Å². The number of hydrogen-bond acceptors (Lipinski definition) is 2. The fourth-order valence-corrected chi connectivity index (χ4v) is 13.3. The number of nitrogens with zero attached hydrogens (tertiary/aromatic N) is 2. The summed E-state index contributed by atoms with van der Waals surface area (Å²) in [6.45, 7) is 0. The van der Waals surface area contributed by atoms with Crippen LogP contribution < -0.4 is 9.80 Å². The number of fused-ring (bicyclic) bond motifs is 17. The molecule has 12 aromatic carbocycles. The van der Waals surface area contributed by atoms with E-state index in [2.05, 4.69) is 289 Å². The second-order valence-corrected chi connectivity index (χ2v) is 20.3. The van der Waals surface area contributed by atoms with Gasteiger partial charge in [0.1, 0.15) is 0 Å². The molecule has 0 amide bonds. The highest BCUT2D eigenvalue weighted by Gasteiger charge is 2.51. The van der Waals surface area contributed by atoms with Crippen molar-refractivity contribution in [2.24, 2.45) is 0 Å². The van der Waals surface area contributed by atoms with Gasteiger partial charge in [-0.1, -0.05) is 212 Å². The third-order valence-electron chi connectivity index (χ3n) is 16.3. The molecule has 0 heterocycles. The van der Waals surface area contributed by atoms with Crippen molar-refractivity contribution in [3.63, 3.8) is 0 Å². The largest absolute Gasteiger partial charge is 0.310 e. The first-order valence-electron chi connectivity index (χ1n) is 26.3. The first-order chi connectivity index (χ1) is 37.2. The van der Waals surface area contributed by atoms with Gasteiger partial charge in [-0.3, -0.25) is 0 Å². The van der Waals surface area contributed by atoms with Gasteiger partial charge in [-0.2, -0.15) is 0 Å². The number of hydrogen-bond donors (Lipinski definition) is 0. The molecule has 3 aliphatic rings. The van der Waals surface area contributed by atoms with Crippen LogP contribution in [-0.4, -0.2) is 0 Å². The van der Waals surface area contributed by atoms with Gasteiger partial charge in [0.05, 0.1) is 11.1 Å². The molecule has 3 aliphatic carbocycles. The van der Waals surface area contributed by atoms with Gasteiger partial charge >= 0.3 is 0 Å². The molecule has 0 aliphatic heterocycles. The lowest BCUT2D eigenvalue weighted by Crippen LogP contribution is -2.26. The summed E-state index contributed by atoms with van der Waals surface area (Å²) < 4.78 is 0. The van der Waals surface area contributed by atoms with Crippen molar-refractivity contribution in [3.8, 4) is 44.5 Å². The normalized spacial score (nSPS) is 13.1. The lowest BCUT2D eigenvalue weighted by atomic mass is 9.70. The van der Waals surface area contributed by atoms with Crippen LogP contribution in [0.25, 0.3) is 55.3 Å². The molecule has 0 atom stereocenters. The second-order valence-electron chi connectivity index (χ2n) is 20.3. The Morgan fingerprint density at radius 2 is 0.667 bits per heavy atom. The Hall–Kier alpha value is -9.50.